The molecule has 3 aliphatic rings. The molecule has 8 heteroatoms. The molecule has 2 aromatic carbocycles. The first kappa shape index (κ1) is 25.1. The van der Waals surface area contributed by atoms with Gasteiger partial charge in [0.2, 0.25) is 5.91 Å². The number of rotatable bonds is 4. The Kier molecular flexibility index (Phi) is 6.84. The van der Waals surface area contributed by atoms with Gasteiger partial charge in [-0.25, -0.2) is 9.59 Å². The Bertz CT molecular complexity index is 1140. The number of hydrogen-bond donors (Lipinski definition) is 1. The van der Waals surface area contributed by atoms with E-state index in [-0.39, 0.29) is 25.0 Å². The van der Waals surface area contributed by atoms with Crippen LogP contribution < -0.4 is 5.32 Å². The number of fused-ring (bicyclic) bond motifs is 3. The summed E-state index contributed by atoms with van der Waals surface area (Å²) in [4.78, 5) is 42.4. The third-order valence-electron chi connectivity index (χ3n) is 7.30. The monoisotopic (exact) mass is 505 g/mol. The lowest BCUT2D eigenvalue weighted by atomic mass is 9.98. The summed E-state index contributed by atoms with van der Waals surface area (Å²) in [5.41, 5.74) is 3.94. The molecule has 2 saturated heterocycles. The Morgan fingerprint density at radius 1 is 0.946 bits per heavy atom. The summed E-state index contributed by atoms with van der Waals surface area (Å²) >= 11 is 0. The van der Waals surface area contributed by atoms with E-state index >= 15 is 0 Å². The number of likely N-dealkylation sites (tertiary alicyclic amines) is 2. The maximum absolute atomic E-state index is 13.4. The molecule has 8 nitrogen and oxygen atoms in total. The molecule has 2 fully saturated rings. The van der Waals surface area contributed by atoms with Gasteiger partial charge in [0.25, 0.3) is 0 Å². The summed E-state index contributed by atoms with van der Waals surface area (Å²) in [7, 11) is 0. The van der Waals surface area contributed by atoms with E-state index < -0.39 is 29.9 Å². The number of carbonyl (C=O) groups excluding carboxylic acids is 3. The Morgan fingerprint density at radius 2 is 1.54 bits per heavy atom. The fourth-order valence-electron chi connectivity index (χ4n) is 5.68. The van der Waals surface area contributed by atoms with Crippen molar-refractivity contribution < 1.29 is 23.9 Å². The summed E-state index contributed by atoms with van der Waals surface area (Å²) in [5, 5.41) is 2.84. The Balaban J connectivity index is 1.30. The van der Waals surface area contributed by atoms with Crippen LogP contribution in [0.2, 0.25) is 0 Å². The van der Waals surface area contributed by atoms with Crippen LogP contribution in [0.1, 0.15) is 57.1 Å². The van der Waals surface area contributed by atoms with E-state index in [1.807, 2.05) is 29.2 Å². The number of amides is 3. The van der Waals surface area contributed by atoms with Crippen molar-refractivity contribution in [3.8, 4) is 11.1 Å². The normalized spacial score (nSPS) is 20.9. The van der Waals surface area contributed by atoms with Crippen molar-refractivity contribution in [3.63, 3.8) is 0 Å². The average Bonchev–Trinajstić information content (AvgIpc) is 3.59. The summed E-state index contributed by atoms with van der Waals surface area (Å²) in [6.45, 7) is 7.14. The van der Waals surface area contributed by atoms with Gasteiger partial charge in [0.15, 0.2) is 0 Å². The van der Waals surface area contributed by atoms with E-state index in [2.05, 4.69) is 29.6 Å². The van der Waals surface area contributed by atoms with E-state index in [0.29, 0.717) is 19.5 Å². The summed E-state index contributed by atoms with van der Waals surface area (Å²) in [6.07, 6.45) is 1.16. The minimum Gasteiger partial charge on any atom is -0.448 e. The smallest absolute Gasteiger partial charge is 0.410 e. The van der Waals surface area contributed by atoms with Crippen LogP contribution in [0.4, 0.5) is 9.59 Å². The number of ether oxygens (including phenoxy) is 2. The number of carbonyl (C=O) groups is 3. The first-order chi connectivity index (χ1) is 17.7. The molecular weight excluding hydrogens is 470 g/mol. The second-order valence-electron chi connectivity index (χ2n) is 11.1. The molecule has 0 aromatic heterocycles. The van der Waals surface area contributed by atoms with Crippen LogP contribution in [0.5, 0.6) is 0 Å². The fraction of sp³-hybridized carbons (Fsp3) is 0.483. The van der Waals surface area contributed by atoms with Gasteiger partial charge in [-0.3, -0.25) is 9.69 Å². The quantitative estimate of drug-likeness (QED) is 0.660. The third-order valence-corrected chi connectivity index (χ3v) is 7.30. The van der Waals surface area contributed by atoms with Gasteiger partial charge in [-0.2, -0.15) is 0 Å². The molecule has 3 amide bonds. The summed E-state index contributed by atoms with van der Waals surface area (Å²) < 4.78 is 11.3. The van der Waals surface area contributed by atoms with Gasteiger partial charge in [0.05, 0.1) is 6.04 Å². The second kappa shape index (κ2) is 10.1. The minimum absolute atomic E-state index is 0.0672. The van der Waals surface area contributed by atoms with Crippen LogP contribution in [-0.2, 0) is 14.3 Å². The van der Waals surface area contributed by atoms with E-state index in [4.69, 9.17) is 9.47 Å². The van der Waals surface area contributed by atoms with E-state index in [0.717, 1.165) is 35.1 Å². The van der Waals surface area contributed by atoms with Crippen LogP contribution in [0.15, 0.2) is 48.5 Å². The number of nitrogens with one attached hydrogen (secondary N) is 1. The maximum Gasteiger partial charge on any atom is 0.410 e. The van der Waals surface area contributed by atoms with Crippen molar-refractivity contribution in [2.45, 2.75) is 63.6 Å². The molecular formula is C29H35N3O5. The molecule has 0 unspecified atom stereocenters. The fourth-order valence-corrected chi connectivity index (χ4v) is 5.68. The number of benzene rings is 2. The molecule has 5 rings (SSSR count). The number of nitrogens with zero attached hydrogens (tertiary/aromatic N) is 2. The maximum atomic E-state index is 13.4. The molecule has 37 heavy (non-hydrogen) atoms. The largest absolute Gasteiger partial charge is 0.448 e. The molecule has 1 N–H and O–H groups in total. The molecule has 0 spiro atoms. The first-order valence-corrected chi connectivity index (χ1v) is 13.1. The van der Waals surface area contributed by atoms with Gasteiger partial charge in [0.1, 0.15) is 18.2 Å². The predicted molar refractivity (Wildman–Crippen MR) is 139 cm³/mol. The summed E-state index contributed by atoms with van der Waals surface area (Å²) in [5.74, 6) is -0.151. The van der Waals surface area contributed by atoms with Gasteiger partial charge in [-0.1, -0.05) is 48.5 Å². The van der Waals surface area contributed by atoms with Gasteiger partial charge in [0, 0.05) is 25.6 Å². The molecule has 2 heterocycles. The standard InChI is InChI=1S/C29H35N3O5/c1-29(2,3)37-27(34)30-19-16-25(26(33)31-14-8-9-15-31)32(17-19)28(35)36-18-24-22-12-6-4-10-20(22)21-11-5-7-13-23(21)24/h4-7,10-13,19,24-25H,8-9,14-18H2,1-3H3,(H,30,34)/t19-,25-/m0/s1. The highest BCUT2D eigenvalue weighted by atomic mass is 16.6. The van der Waals surface area contributed by atoms with E-state index in [1.54, 1.807) is 20.8 Å². The molecule has 2 atom stereocenters. The van der Waals surface area contributed by atoms with Gasteiger partial charge in [-0.05, 0) is 62.3 Å². The lowest BCUT2D eigenvalue weighted by Crippen LogP contribution is -2.47. The highest BCUT2D eigenvalue weighted by Gasteiger charge is 2.44. The Labute approximate surface area is 217 Å². The van der Waals surface area contributed by atoms with Gasteiger partial charge in [-0.15, -0.1) is 0 Å². The zero-order valence-corrected chi connectivity index (χ0v) is 21.7. The molecule has 2 aliphatic heterocycles. The molecule has 0 radical (unpaired) electrons. The highest BCUT2D eigenvalue weighted by molar-refractivity contribution is 5.87. The molecule has 0 bridgehead atoms. The Morgan fingerprint density at radius 3 is 2.14 bits per heavy atom. The zero-order chi connectivity index (χ0) is 26.2. The van der Waals surface area contributed by atoms with Crippen LogP contribution in [-0.4, -0.2) is 71.8 Å². The van der Waals surface area contributed by atoms with Gasteiger partial charge < -0.3 is 19.7 Å². The topological polar surface area (TPSA) is 88.2 Å². The SMILES string of the molecule is CC(C)(C)OC(=O)N[C@H]1C[C@@H](C(=O)N2CCCC2)N(C(=O)OCC2c3ccccc3-c3ccccc32)C1. The van der Waals surface area contributed by atoms with Crippen LogP contribution in [0.3, 0.4) is 0 Å². The first-order valence-electron chi connectivity index (χ1n) is 13.1. The van der Waals surface area contributed by atoms with Crippen molar-refractivity contribution in [2.75, 3.05) is 26.2 Å². The van der Waals surface area contributed by atoms with Crippen molar-refractivity contribution in [1.82, 2.24) is 15.1 Å². The van der Waals surface area contributed by atoms with Crippen LogP contribution in [0.25, 0.3) is 11.1 Å². The number of alkyl carbamates (subject to hydrolysis) is 1. The number of hydrogen-bond acceptors (Lipinski definition) is 5. The van der Waals surface area contributed by atoms with Crippen LogP contribution in [0, 0.1) is 0 Å². The lowest BCUT2D eigenvalue weighted by Gasteiger charge is -2.27. The van der Waals surface area contributed by atoms with Crippen molar-refractivity contribution >= 4 is 18.1 Å². The highest BCUT2D eigenvalue weighted by Crippen LogP contribution is 2.44. The van der Waals surface area contributed by atoms with Crippen molar-refractivity contribution in [2.24, 2.45) is 0 Å². The van der Waals surface area contributed by atoms with E-state index in [9.17, 15) is 14.4 Å². The Hall–Kier alpha value is -3.55. The van der Waals surface area contributed by atoms with Gasteiger partial charge >= 0.3 is 12.2 Å². The molecule has 2 aromatic rings. The van der Waals surface area contributed by atoms with E-state index in [1.165, 1.54) is 4.90 Å². The van der Waals surface area contributed by atoms with Crippen molar-refractivity contribution in [3.05, 3.63) is 59.7 Å². The zero-order valence-electron chi connectivity index (χ0n) is 21.7. The minimum atomic E-state index is -0.673. The molecule has 0 saturated carbocycles. The molecule has 196 valence electrons. The average molecular weight is 506 g/mol. The second-order valence-corrected chi connectivity index (χ2v) is 11.1. The third kappa shape index (κ3) is 5.29. The molecule has 1 aliphatic carbocycles. The van der Waals surface area contributed by atoms with Crippen molar-refractivity contribution in [1.29, 1.82) is 0 Å². The predicted octanol–water partition coefficient (Wildman–Crippen LogP) is 4.53. The van der Waals surface area contributed by atoms with Crippen LogP contribution >= 0.6 is 0 Å². The summed E-state index contributed by atoms with van der Waals surface area (Å²) in [6, 6.07) is 15.3. The lowest BCUT2D eigenvalue weighted by molar-refractivity contribution is -0.134.